The Hall–Kier alpha value is -2.06. The predicted octanol–water partition coefficient (Wildman–Crippen LogP) is 0.736. The van der Waals surface area contributed by atoms with Crippen molar-refractivity contribution in [3.63, 3.8) is 0 Å². The van der Waals surface area contributed by atoms with Gasteiger partial charge in [0.2, 0.25) is 0 Å². The van der Waals surface area contributed by atoms with E-state index in [1.165, 1.54) is 18.2 Å². The van der Waals surface area contributed by atoms with Crippen LogP contribution in [0, 0.1) is 11.3 Å². The molecule has 1 saturated heterocycles. The fraction of sp³-hybridized carbons (Fsp3) is 0.333. The van der Waals surface area contributed by atoms with Gasteiger partial charge in [-0.25, -0.2) is 0 Å². The predicted molar refractivity (Wildman–Crippen MR) is 59.5 cm³/mol. The average Bonchev–Trinajstić information content (AvgIpc) is 2.39. The van der Waals surface area contributed by atoms with Crippen molar-refractivity contribution in [1.82, 2.24) is 4.90 Å². The van der Waals surface area contributed by atoms with E-state index in [2.05, 4.69) is 0 Å². The SMILES string of the molecule is N#Cc1cc(C(=O)N2CCOCC2)ccc1O. The highest BCUT2D eigenvalue weighted by molar-refractivity contribution is 5.94. The molecule has 1 aliphatic rings. The van der Waals surface area contributed by atoms with Crippen LogP contribution in [0.25, 0.3) is 0 Å². The standard InChI is InChI=1S/C12H12N2O3/c13-8-10-7-9(1-2-11(10)15)12(16)14-3-5-17-6-4-14/h1-2,7,15H,3-6H2. The highest BCUT2D eigenvalue weighted by Crippen LogP contribution is 2.18. The Morgan fingerprint density at radius 2 is 2.12 bits per heavy atom. The summed E-state index contributed by atoms with van der Waals surface area (Å²) in [5.74, 6) is -0.240. The van der Waals surface area contributed by atoms with Gasteiger partial charge in [-0.2, -0.15) is 5.26 Å². The van der Waals surface area contributed by atoms with Crippen LogP contribution in [0.2, 0.25) is 0 Å². The van der Waals surface area contributed by atoms with Crippen LogP contribution in [-0.4, -0.2) is 42.2 Å². The first-order chi connectivity index (χ1) is 8.22. The highest BCUT2D eigenvalue weighted by atomic mass is 16.5. The lowest BCUT2D eigenvalue weighted by Gasteiger charge is -2.26. The van der Waals surface area contributed by atoms with Crippen molar-refractivity contribution >= 4 is 5.91 Å². The number of phenols is 1. The second-order valence-corrected chi connectivity index (χ2v) is 3.75. The Morgan fingerprint density at radius 3 is 2.76 bits per heavy atom. The minimum absolute atomic E-state index is 0.106. The summed E-state index contributed by atoms with van der Waals surface area (Å²) in [6.07, 6.45) is 0. The summed E-state index contributed by atoms with van der Waals surface area (Å²) >= 11 is 0. The van der Waals surface area contributed by atoms with Crippen LogP contribution in [0.4, 0.5) is 0 Å². The molecular formula is C12H12N2O3. The molecule has 88 valence electrons. The molecule has 0 spiro atoms. The molecule has 2 rings (SSSR count). The van der Waals surface area contributed by atoms with Crippen molar-refractivity contribution in [1.29, 1.82) is 5.26 Å². The topological polar surface area (TPSA) is 73.6 Å². The molecule has 0 atom stereocenters. The molecule has 0 saturated carbocycles. The van der Waals surface area contributed by atoms with Crippen LogP contribution < -0.4 is 0 Å². The summed E-state index contributed by atoms with van der Waals surface area (Å²) in [7, 11) is 0. The maximum atomic E-state index is 12.1. The van der Waals surface area contributed by atoms with Crippen LogP contribution in [0.5, 0.6) is 5.75 Å². The number of ether oxygens (including phenoxy) is 1. The Balaban J connectivity index is 2.22. The molecule has 1 fully saturated rings. The van der Waals surface area contributed by atoms with Gasteiger partial charge >= 0.3 is 0 Å². The number of hydrogen-bond acceptors (Lipinski definition) is 4. The molecule has 1 amide bonds. The number of rotatable bonds is 1. The molecule has 0 radical (unpaired) electrons. The average molecular weight is 232 g/mol. The monoisotopic (exact) mass is 232 g/mol. The largest absolute Gasteiger partial charge is 0.507 e. The third-order valence-electron chi connectivity index (χ3n) is 2.66. The molecule has 0 aromatic heterocycles. The molecule has 1 aromatic carbocycles. The summed E-state index contributed by atoms with van der Waals surface area (Å²) in [6.45, 7) is 2.19. The van der Waals surface area contributed by atoms with Gasteiger partial charge in [0.25, 0.3) is 5.91 Å². The fourth-order valence-electron chi connectivity index (χ4n) is 1.71. The lowest BCUT2D eigenvalue weighted by Crippen LogP contribution is -2.40. The highest BCUT2D eigenvalue weighted by Gasteiger charge is 2.19. The number of aromatic hydroxyl groups is 1. The fourth-order valence-corrected chi connectivity index (χ4v) is 1.71. The Morgan fingerprint density at radius 1 is 1.41 bits per heavy atom. The summed E-state index contributed by atoms with van der Waals surface area (Å²) in [5.41, 5.74) is 0.533. The third kappa shape index (κ3) is 2.37. The van der Waals surface area contributed by atoms with E-state index in [-0.39, 0.29) is 17.2 Å². The number of nitrogens with zero attached hydrogens (tertiary/aromatic N) is 2. The van der Waals surface area contributed by atoms with Gasteiger partial charge in [-0.1, -0.05) is 0 Å². The maximum absolute atomic E-state index is 12.1. The molecule has 5 heteroatoms. The van der Waals surface area contributed by atoms with Gasteiger partial charge in [-0.15, -0.1) is 0 Å². The second kappa shape index (κ2) is 4.85. The molecule has 0 unspecified atom stereocenters. The van der Waals surface area contributed by atoms with Gasteiger partial charge in [0.05, 0.1) is 18.8 Å². The zero-order chi connectivity index (χ0) is 12.3. The first-order valence-electron chi connectivity index (χ1n) is 5.32. The van der Waals surface area contributed by atoms with Gasteiger partial charge in [0, 0.05) is 18.7 Å². The van der Waals surface area contributed by atoms with Gasteiger partial charge < -0.3 is 14.7 Å². The van der Waals surface area contributed by atoms with Crippen molar-refractivity contribution < 1.29 is 14.6 Å². The number of carbonyl (C=O) groups excluding carboxylic acids is 1. The Labute approximate surface area is 98.8 Å². The van der Waals surface area contributed by atoms with E-state index in [0.29, 0.717) is 31.9 Å². The first-order valence-corrected chi connectivity index (χ1v) is 5.32. The van der Waals surface area contributed by atoms with E-state index in [9.17, 15) is 9.90 Å². The Bertz CT molecular complexity index is 473. The summed E-state index contributed by atoms with van der Waals surface area (Å²) in [6, 6.07) is 6.15. The van der Waals surface area contributed by atoms with Gasteiger partial charge in [-0.05, 0) is 18.2 Å². The number of amides is 1. The molecule has 1 aromatic rings. The minimum atomic E-state index is -0.134. The summed E-state index contributed by atoms with van der Waals surface area (Å²) in [5, 5.41) is 18.1. The number of nitriles is 1. The van der Waals surface area contributed by atoms with E-state index in [1.807, 2.05) is 6.07 Å². The van der Waals surface area contributed by atoms with E-state index in [4.69, 9.17) is 10.00 Å². The van der Waals surface area contributed by atoms with E-state index in [1.54, 1.807) is 4.90 Å². The van der Waals surface area contributed by atoms with Crippen LogP contribution in [0.3, 0.4) is 0 Å². The number of phenolic OH excluding ortho intramolecular Hbond substituents is 1. The summed E-state index contributed by atoms with van der Waals surface area (Å²) < 4.78 is 5.16. The Kier molecular flexibility index (Phi) is 3.26. The van der Waals surface area contributed by atoms with Gasteiger partial charge in [0.1, 0.15) is 11.8 Å². The minimum Gasteiger partial charge on any atom is -0.507 e. The quantitative estimate of drug-likeness (QED) is 0.774. The smallest absolute Gasteiger partial charge is 0.254 e. The van der Waals surface area contributed by atoms with E-state index < -0.39 is 0 Å². The number of hydrogen-bond donors (Lipinski definition) is 1. The molecular weight excluding hydrogens is 220 g/mol. The molecule has 5 nitrogen and oxygen atoms in total. The molecule has 0 aliphatic carbocycles. The van der Waals surface area contributed by atoms with Gasteiger partial charge in [-0.3, -0.25) is 4.79 Å². The molecule has 1 N–H and O–H groups in total. The molecule has 1 aliphatic heterocycles. The van der Waals surface area contributed by atoms with Crippen LogP contribution in [-0.2, 0) is 4.74 Å². The van der Waals surface area contributed by atoms with Crippen molar-refractivity contribution in [3.05, 3.63) is 29.3 Å². The number of carbonyl (C=O) groups is 1. The lowest BCUT2D eigenvalue weighted by atomic mass is 10.1. The van der Waals surface area contributed by atoms with Crippen LogP contribution >= 0.6 is 0 Å². The van der Waals surface area contributed by atoms with Crippen molar-refractivity contribution in [2.75, 3.05) is 26.3 Å². The van der Waals surface area contributed by atoms with Crippen molar-refractivity contribution in [2.24, 2.45) is 0 Å². The molecule has 0 bridgehead atoms. The molecule has 17 heavy (non-hydrogen) atoms. The maximum Gasteiger partial charge on any atom is 0.254 e. The second-order valence-electron chi connectivity index (χ2n) is 3.75. The van der Waals surface area contributed by atoms with Gasteiger partial charge in [0.15, 0.2) is 0 Å². The summed E-state index contributed by atoms with van der Waals surface area (Å²) in [4.78, 5) is 13.7. The lowest BCUT2D eigenvalue weighted by molar-refractivity contribution is 0.0303. The normalized spacial score (nSPS) is 15.4. The first kappa shape index (κ1) is 11.4. The van der Waals surface area contributed by atoms with E-state index in [0.717, 1.165) is 0 Å². The van der Waals surface area contributed by atoms with E-state index >= 15 is 0 Å². The third-order valence-corrected chi connectivity index (χ3v) is 2.66. The zero-order valence-electron chi connectivity index (χ0n) is 9.22. The van der Waals surface area contributed by atoms with Crippen molar-refractivity contribution in [3.8, 4) is 11.8 Å². The number of benzene rings is 1. The van der Waals surface area contributed by atoms with Crippen LogP contribution in [0.1, 0.15) is 15.9 Å². The van der Waals surface area contributed by atoms with Crippen LogP contribution in [0.15, 0.2) is 18.2 Å². The number of morpholine rings is 1. The zero-order valence-corrected chi connectivity index (χ0v) is 9.22. The van der Waals surface area contributed by atoms with Crippen molar-refractivity contribution in [2.45, 2.75) is 0 Å². The molecule has 1 heterocycles.